The number of hydrogen-bond acceptors (Lipinski definition) is 7. The average Bonchev–Trinajstić information content (AvgIpc) is 3.58. The number of fused-ring (bicyclic) bond motifs is 1. The predicted molar refractivity (Wildman–Crippen MR) is 125 cm³/mol. The Morgan fingerprint density at radius 1 is 1.15 bits per heavy atom. The molecule has 6 rings (SSSR count). The summed E-state index contributed by atoms with van der Waals surface area (Å²) in [5.74, 6) is 0.670. The number of ether oxygens (including phenoxy) is 1. The first-order chi connectivity index (χ1) is 16.6. The van der Waals surface area contributed by atoms with Crippen LogP contribution in [0, 0.1) is 0 Å². The molecule has 2 atom stereocenters. The van der Waals surface area contributed by atoms with Crippen LogP contribution >= 0.6 is 0 Å². The van der Waals surface area contributed by atoms with Gasteiger partial charge in [-0.15, -0.1) is 0 Å². The summed E-state index contributed by atoms with van der Waals surface area (Å²) in [4.78, 5) is 31.0. The van der Waals surface area contributed by atoms with Crippen LogP contribution in [0.25, 0.3) is 28.0 Å². The van der Waals surface area contributed by atoms with Crippen LogP contribution in [0.2, 0.25) is 0 Å². The van der Waals surface area contributed by atoms with E-state index in [4.69, 9.17) is 9.72 Å². The minimum absolute atomic E-state index is 0.188. The van der Waals surface area contributed by atoms with Crippen molar-refractivity contribution in [2.45, 2.75) is 25.3 Å². The molecule has 5 heterocycles. The summed E-state index contributed by atoms with van der Waals surface area (Å²) in [7, 11) is 0. The normalized spacial score (nSPS) is 20.8. The third kappa shape index (κ3) is 3.43. The van der Waals surface area contributed by atoms with Crippen LogP contribution < -0.4 is 10.2 Å². The first kappa shape index (κ1) is 20.5. The minimum atomic E-state index is -0.438. The number of nitrogens with one attached hydrogen (secondary N) is 2. The number of pyridine rings is 1. The van der Waals surface area contributed by atoms with Gasteiger partial charge in [-0.05, 0) is 29.7 Å². The van der Waals surface area contributed by atoms with E-state index in [1.807, 2.05) is 36.5 Å². The highest BCUT2D eigenvalue weighted by Gasteiger charge is 2.31. The number of nitrogens with zero attached hydrogens (tertiary/aromatic N) is 5. The van der Waals surface area contributed by atoms with Crippen molar-refractivity contribution in [3.63, 3.8) is 0 Å². The van der Waals surface area contributed by atoms with E-state index in [1.165, 1.54) is 0 Å². The van der Waals surface area contributed by atoms with Crippen molar-refractivity contribution >= 4 is 28.7 Å². The Hall–Kier alpha value is -4.05. The van der Waals surface area contributed by atoms with Crippen LogP contribution in [-0.4, -0.2) is 62.6 Å². The molecule has 0 spiro atoms. The van der Waals surface area contributed by atoms with Gasteiger partial charge in [0.1, 0.15) is 5.82 Å². The van der Waals surface area contributed by atoms with Gasteiger partial charge in [0, 0.05) is 24.4 Å². The molecule has 1 unspecified atom stereocenters. The van der Waals surface area contributed by atoms with Gasteiger partial charge in [-0.2, -0.15) is 14.9 Å². The molecule has 172 valence electrons. The molecule has 10 heteroatoms. The number of carbonyl (C=O) groups excluding carboxylic acids is 2. The highest BCUT2D eigenvalue weighted by molar-refractivity contribution is 6.06. The van der Waals surface area contributed by atoms with E-state index in [1.54, 1.807) is 10.9 Å². The topological polar surface area (TPSA) is 118 Å². The number of hydrogen-bond donors (Lipinski definition) is 2. The molecule has 2 N–H and O–H groups in total. The van der Waals surface area contributed by atoms with Gasteiger partial charge in [0.25, 0.3) is 0 Å². The van der Waals surface area contributed by atoms with Crippen LogP contribution in [-0.2, 0) is 14.3 Å². The first-order valence-corrected chi connectivity index (χ1v) is 11.3. The summed E-state index contributed by atoms with van der Waals surface area (Å²) >= 11 is 0. The zero-order valence-electron chi connectivity index (χ0n) is 18.6. The molecule has 0 aliphatic carbocycles. The monoisotopic (exact) mass is 457 g/mol. The molecule has 2 fully saturated rings. The Bertz CT molecular complexity index is 1380. The van der Waals surface area contributed by atoms with Gasteiger partial charge in [0.15, 0.2) is 11.5 Å². The number of morpholine rings is 1. The third-order valence-corrected chi connectivity index (χ3v) is 6.50. The van der Waals surface area contributed by atoms with E-state index in [0.29, 0.717) is 13.2 Å². The number of rotatable bonds is 4. The van der Waals surface area contributed by atoms with Gasteiger partial charge < -0.3 is 9.64 Å². The lowest BCUT2D eigenvalue weighted by Crippen LogP contribution is -2.44. The lowest BCUT2D eigenvalue weighted by molar-refractivity contribution is -0.125. The average molecular weight is 457 g/mol. The molecule has 0 radical (unpaired) electrons. The second kappa shape index (κ2) is 8.07. The fourth-order valence-corrected chi connectivity index (χ4v) is 4.70. The van der Waals surface area contributed by atoms with Gasteiger partial charge in [-0.1, -0.05) is 24.3 Å². The Labute approximate surface area is 194 Å². The molecule has 2 saturated heterocycles. The maximum atomic E-state index is 12.1. The van der Waals surface area contributed by atoms with Gasteiger partial charge in [0.2, 0.25) is 11.8 Å². The summed E-state index contributed by atoms with van der Waals surface area (Å²) in [5.41, 5.74) is 3.52. The Morgan fingerprint density at radius 2 is 2.00 bits per heavy atom. The maximum absolute atomic E-state index is 12.1. The lowest BCUT2D eigenvalue weighted by Gasteiger charge is -2.34. The van der Waals surface area contributed by atoms with Crippen LogP contribution in [0.5, 0.6) is 0 Å². The van der Waals surface area contributed by atoms with Crippen molar-refractivity contribution in [3.8, 4) is 16.9 Å². The van der Waals surface area contributed by atoms with Crippen LogP contribution in [0.15, 0.2) is 48.8 Å². The molecule has 3 aromatic heterocycles. The molecule has 10 nitrogen and oxygen atoms in total. The molecule has 2 aliphatic heterocycles. The highest BCUT2D eigenvalue weighted by Crippen LogP contribution is 2.34. The van der Waals surface area contributed by atoms with E-state index in [2.05, 4.69) is 38.5 Å². The molecule has 2 aliphatic rings. The second-order valence-electron chi connectivity index (χ2n) is 8.67. The van der Waals surface area contributed by atoms with Crippen LogP contribution in [0.4, 0.5) is 5.82 Å². The minimum Gasteiger partial charge on any atom is -0.377 e. The molecule has 4 aromatic rings. The smallest absolute Gasteiger partial charge is 0.234 e. The summed E-state index contributed by atoms with van der Waals surface area (Å²) < 4.78 is 7.38. The predicted octanol–water partition coefficient (Wildman–Crippen LogP) is 2.17. The lowest BCUT2D eigenvalue weighted by atomic mass is 9.94. The van der Waals surface area contributed by atoms with Crippen molar-refractivity contribution in [1.29, 1.82) is 0 Å². The Kier molecular flexibility index (Phi) is 4.88. The molecular weight excluding hydrogens is 434 g/mol. The largest absolute Gasteiger partial charge is 0.377 e. The van der Waals surface area contributed by atoms with Crippen LogP contribution in [0.3, 0.4) is 0 Å². The number of benzene rings is 1. The second-order valence-corrected chi connectivity index (χ2v) is 8.67. The van der Waals surface area contributed by atoms with E-state index in [9.17, 15) is 9.59 Å². The standard InChI is InChI=1S/C24H23N7O3/c1-14-13-34-9-8-30(14)21-10-17(19-12-26-31(23(19)27-21)20-6-7-25-29-20)15-2-4-16(5-3-15)18-11-22(32)28-24(18)33/h2-7,10,12,14,18H,8-9,11,13H2,1H3,(H,25,29)(H,28,32,33)/t14-,18?/m1/s1. The molecule has 0 bridgehead atoms. The highest BCUT2D eigenvalue weighted by atomic mass is 16.5. The first-order valence-electron chi connectivity index (χ1n) is 11.3. The number of aromatic amines is 1. The van der Waals surface area contributed by atoms with Gasteiger partial charge in [-0.3, -0.25) is 20.0 Å². The van der Waals surface area contributed by atoms with Crippen molar-refractivity contribution in [2.24, 2.45) is 0 Å². The number of aromatic nitrogens is 5. The summed E-state index contributed by atoms with van der Waals surface area (Å²) in [5, 5.41) is 14.9. The molecule has 1 aromatic carbocycles. The summed E-state index contributed by atoms with van der Waals surface area (Å²) in [6, 6.07) is 11.9. The quantitative estimate of drug-likeness (QED) is 0.451. The Morgan fingerprint density at radius 3 is 2.71 bits per heavy atom. The third-order valence-electron chi connectivity index (χ3n) is 6.50. The number of H-pyrrole nitrogens is 1. The number of imide groups is 1. The van der Waals surface area contributed by atoms with Crippen molar-refractivity contribution < 1.29 is 14.3 Å². The number of carbonyl (C=O) groups is 2. The zero-order chi connectivity index (χ0) is 23.2. The molecule has 2 amide bonds. The van der Waals surface area contributed by atoms with E-state index in [0.717, 1.165) is 45.9 Å². The van der Waals surface area contributed by atoms with Crippen LogP contribution in [0.1, 0.15) is 24.8 Å². The fraction of sp³-hybridized carbons (Fsp3) is 0.292. The van der Waals surface area contributed by atoms with Crippen molar-refractivity contribution in [2.75, 3.05) is 24.7 Å². The van der Waals surface area contributed by atoms with E-state index < -0.39 is 5.92 Å². The molecular formula is C24H23N7O3. The van der Waals surface area contributed by atoms with E-state index in [-0.39, 0.29) is 24.3 Å². The summed E-state index contributed by atoms with van der Waals surface area (Å²) in [6.45, 7) is 4.17. The van der Waals surface area contributed by atoms with E-state index >= 15 is 0 Å². The zero-order valence-corrected chi connectivity index (χ0v) is 18.6. The van der Waals surface area contributed by atoms with Gasteiger partial charge >= 0.3 is 0 Å². The fourth-order valence-electron chi connectivity index (χ4n) is 4.70. The van der Waals surface area contributed by atoms with Crippen molar-refractivity contribution in [1.82, 2.24) is 30.3 Å². The number of anilines is 1. The molecule has 34 heavy (non-hydrogen) atoms. The van der Waals surface area contributed by atoms with Gasteiger partial charge in [0.05, 0.1) is 37.6 Å². The Balaban J connectivity index is 1.47. The molecule has 0 saturated carbocycles. The summed E-state index contributed by atoms with van der Waals surface area (Å²) in [6.07, 6.45) is 3.68. The maximum Gasteiger partial charge on any atom is 0.234 e. The van der Waals surface area contributed by atoms with Crippen molar-refractivity contribution in [3.05, 3.63) is 54.4 Å². The van der Waals surface area contributed by atoms with Gasteiger partial charge in [-0.25, -0.2) is 4.98 Å². The number of amides is 2. The SMILES string of the molecule is C[C@@H]1COCCN1c1cc(-c2ccc(C3CC(=O)NC3=O)cc2)c2cnn(-c3ccn[nH]3)c2n1.